The van der Waals surface area contributed by atoms with Gasteiger partial charge in [-0.15, -0.1) is 10.2 Å². The van der Waals surface area contributed by atoms with E-state index in [0.29, 0.717) is 24.3 Å². The fourth-order valence-corrected chi connectivity index (χ4v) is 4.30. The third-order valence-corrected chi connectivity index (χ3v) is 5.61. The van der Waals surface area contributed by atoms with Crippen molar-refractivity contribution in [3.8, 4) is 0 Å². The Morgan fingerprint density at radius 3 is 2.88 bits per heavy atom. The van der Waals surface area contributed by atoms with Crippen LogP contribution in [0.25, 0.3) is 5.65 Å². The van der Waals surface area contributed by atoms with E-state index >= 15 is 0 Å². The molecule has 1 aliphatic heterocycles. The van der Waals surface area contributed by atoms with Crippen LogP contribution in [-0.2, 0) is 11.2 Å². The highest BCUT2D eigenvalue weighted by atomic mass is 16.2. The number of hydrogen-bond acceptors (Lipinski definition) is 5. The predicted molar refractivity (Wildman–Crippen MR) is 95.5 cm³/mol. The minimum Gasteiger partial charge on any atom is -0.371 e. The Kier molecular flexibility index (Phi) is 4.31. The number of carbonyl (C=O) groups is 1. The van der Waals surface area contributed by atoms with E-state index in [1.807, 2.05) is 0 Å². The Hall–Kier alpha value is -2.18. The quantitative estimate of drug-likeness (QED) is 0.830. The summed E-state index contributed by atoms with van der Waals surface area (Å²) in [6.07, 6.45) is 8.06. The van der Waals surface area contributed by atoms with Crippen LogP contribution in [0.15, 0.2) is 12.4 Å². The van der Waals surface area contributed by atoms with Crippen molar-refractivity contribution in [3.63, 3.8) is 0 Å². The van der Waals surface area contributed by atoms with Crippen LogP contribution in [0.4, 0.5) is 5.69 Å². The van der Waals surface area contributed by atoms with Gasteiger partial charge in [-0.25, -0.2) is 0 Å². The molecule has 2 aromatic heterocycles. The predicted octanol–water partition coefficient (Wildman–Crippen LogP) is 1.91. The van der Waals surface area contributed by atoms with Gasteiger partial charge in [0.25, 0.3) is 0 Å². The summed E-state index contributed by atoms with van der Waals surface area (Å²) in [5.41, 5.74) is 2.83. The van der Waals surface area contributed by atoms with Crippen LogP contribution in [0, 0.1) is 5.92 Å². The largest absolute Gasteiger partial charge is 0.371 e. The van der Waals surface area contributed by atoms with Crippen LogP contribution in [0.5, 0.6) is 0 Å². The van der Waals surface area contributed by atoms with E-state index in [1.165, 1.54) is 25.7 Å². The first-order chi connectivity index (χ1) is 12.2. The lowest BCUT2D eigenvalue weighted by atomic mass is 10.1. The average Bonchev–Trinajstić information content (AvgIpc) is 3.33. The first kappa shape index (κ1) is 16.3. The Balaban J connectivity index is 1.50. The second-order valence-corrected chi connectivity index (χ2v) is 7.41. The van der Waals surface area contributed by atoms with E-state index in [2.05, 4.69) is 45.1 Å². The molecule has 0 N–H and O–H groups in total. The highest BCUT2D eigenvalue weighted by molar-refractivity contribution is 5.79. The van der Waals surface area contributed by atoms with Gasteiger partial charge in [-0.2, -0.15) is 9.61 Å². The highest BCUT2D eigenvalue weighted by Gasteiger charge is 2.36. The van der Waals surface area contributed by atoms with Crippen molar-refractivity contribution in [3.05, 3.63) is 18.1 Å². The van der Waals surface area contributed by atoms with Crippen molar-refractivity contribution >= 4 is 17.2 Å². The summed E-state index contributed by atoms with van der Waals surface area (Å²) < 4.78 is 1.75. The minimum absolute atomic E-state index is 0.335. The zero-order valence-electron chi connectivity index (χ0n) is 15.1. The first-order valence-corrected chi connectivity index (χ1v) is 9.36. The van der Waals surface area contributed by atoms with Gasteiger partial charge in [-0.05, 0) is 25.3 Å². The smallest absolute Gasteiger partial charge is 0.223 e. The first-order valence-electron chi connectivity index (χ1n) is 9.36. The van der Waals surface area contributed by atoms with Crippen LogP contribution in [0.3, 0.4) is 0 Å². The Morgan fingerprint density at radius 1 is 1.32 bits per heavy atom. The molecular weight excluding hydrogens is 316 g/mol. The van der Waals surface area contributed by atoms with E-state index in [4.69, 9.17) is 0 Å². The second-order valence-electron chi connectivity index (χ2n) is 7.41. The number of carbonyl (C=O) groups excluding carboxylic acids is 1. The molecule has 4 rings (SSSR count). The third kappa shape index (κ3) is 3.07. The molecule has 7 nitrogen and oxygen atoms in total. The minimum atomic E-state index is 0.335. The van der Waals surface area contributed by atoms with Crippen LogP contribution >= 0.6 is 0 Å². The van der Waals surface area contributed by atoms with Gasteiger partial charge in [0.05, 0.1) is 11.4 Å². The van der Waals surface area contributed by atoms with Crippen LogP contribution in [0.2, 0.25) is 0 Å². The summed E-state index contributed by atoms with van der Waals surface area (Å²) in [5.74, 6) is 0.709. The maximum atomic E-state index is 12.4. The molecule has 1 atom stereocenters. The normalized spacial score (nSPS) is 21.6. The van der Waals surface area contributed by atoms with Crippen LogP contribution in [0.1, 0.15) is 44.7 Å². The molecule has 0 aromatic carbocycles. The number of likely N-dealkylation sites (tertiary alicyclic amines) is 1. The van der Waals surface area contributed by atoms with Crippen molar-refractivity contribution in [2.24, 2.45) is 5.92 Å². The molecular formula is C18H26N6O. The van der Waals surface area contributed by atoms with E-state index in [1.54, 1.807) is 10.8 Å². The number of amides is 1. The zero-order chi connectivity index (χ0) is 17.4. The van der Waals surface area contributed by atoms with Crippen LogP contribution < -0.4 is 4.90 Å². The number of aromatic nitrogens is 4. The lowest BCUT2D eigenvalue weighted by Crippen LogP contribution is -2.35. The van der Waals surface area contributed by atoms with Gasteiger partial charge in [-0.1, -0.05) is 19.8 Å². The molecule has 1 saturated heterocycles. The molecule has 2 aliphatic rings. The molecule has 1 amide bonds. The standard InChI is InChI=1S/C18H26N6O/c1-3-14-9-16(18-20-19-12-24(18)21-14)22(2)10-13-8-17(25)23(11-13)15-6-4-5-7-15/h9,12-13,15H,3-8,10-11H2,1-2H3. The maximum absolute atomic E-state index is 12.4. The van der Waals surface area contributed by atoms with Crippen molar-refractivity contribution in [2.45, 2.75) is 51.5 Å². The topological polar surface area (TPSA) is 66.6 Å². The zero-order valence-corrected chi connectivity index (χ0v) is 15.1. The highest BCUT2D eigenvalue weighted by Crippen LogP contribution is 2.30. The van der Waals surface area contributed by atoms with Gasteiger partial charge >= 0.3 is 0 Å². The van der Waals surface area contributed by atoms with Crippen molar-refractivity contribution < 1.29 is 4.79 Å². The summed E-state index contributed by atoms with van der Waals surface area (Å²) in [6, 6.07) is 2.58. The molecule has 2 aromatic rings. The molecule has 0 spiro atoms. The van der Waals surface area contributed by atoms with E-state index in [-0.39, 0.29) is 0 Å². The fraction of sp³-hybridized carbons (Fsp3) is 0.667. The number of aryl methyl sites for hydroxylation is 1. The van der Waals surface area contributed by atoms with Crippen molar-refractivity contribution in [1.82, 2.24) is 24.7 Å². The summed E-state index contributed by atoms with van der Waals surface area (Å²) >= 11 is 0. The molecule has 0 radical (unpaired) electrons. The molecule has 3 heterocycles. The third-order valence-electron chi connectivity index (χ3n) is 5.61. The Labute approximate surface area is 148 Å². The van der Waals surface area contributed by atoms with Crippen molar-refractivity contribution in [2.75, 3.05) is 25.0 Å². The van der Waals surface area contributed by atoms with Gasteiger partial charge < -0.3 is 9.80 Å². The lowest BCUT2D eigenvalue weighted by Gasteiger charge is -2.26. The molecule has 25 heavy (non-hydrogen) atoms. The molecule has 1 unspecified atom stereocenters. The number of fused-ring (bicyclic) bond motifs is 1. The van der Waals surface area contributed by atoms with Crippen LogP contribution in [-0.4, -0.2) is 56.8 Å². The van der Waals surface area contributed by atoms with Gasteiger partial charge in [0.15, 0.2) is 0 Å². The van der Waals surface area contributed by atoms with E-state index in [0.717, 1.165) is 36.5 Å². The Bertz CT molecular complexity index is 766. The summed E-state index contributed by atoms with van der Waals surface area (Å²) in [6.45, 7) is 3.84. The summed E-state index contributed by atoms with van der Waals surface area (Å²) in [7, 11) is 2.08. The van der Waals surface area contributed by atoms with Gasteiger partial charge in [0, 0.05) is 38.5 Å². The number of rotatable bonds is 5. The van der Waals surface area contributed by atoms with Gasteiger partial charge in [0.2, 0.25) is 11.6 Å². The average molecular weight is 342 g/mol. The molecule has 2 fully saturated rings. The van der Waals surface area contributed by atoms with E-state index in [9.17, 15) is 4.79 Å². The number of hydrogen-bond donors (Lipinski definition) is 0. The van der Waals surface area contributed by atoms with Gasteiger partial charge in [-0.3, -0.25) is 4.79 Å². The maximum Gasteiger partial charge on any atom is 0.223 e. The fourth-order valence-electron chi connectivity index (χ4n) is 4.30. The molecule has 1 aliphatic carbocycles. The van der Waals surface area contributed by atoms with E-state index < -0.39 is 0 Å². The number of anilines is 1. The van der Waals surface area contributed by atoms with Gasteiger partial charge in [0.1, 0.15) is 6.33 Å². The Morgan fingerprint density at radius 2 is 2.12 bits per heavy atom. The molecule has 134 valence electrons. The van der Waals surface area contributed by atoms with Crippen molar-refractivity contribution in [1.29, 1.82) is 0 Å². The molecule has 7 heteroatoms. The second kappa shape index (κ2) is 6.61. The summed E-state index contributed by atoms with van der Waals surface area (Å²) in [4.78, 5) is 16.8. The molecule has 1 saturated carbocycles. The number of nitrogens with zero attached hydrogens (tertiary/aromatic N) is 6. The lowest BCUT2D eigenvalue weighted by molar-refractivity contribution is -0.129. The molecule has 0 bridgehead atoms. The monoisotopic (exact) mass is 342 g/mol. The summed E-state index contributed by atoms with van der Waals surface area (Å²) in [5, 5.41) is 12.7. The SMILES string of the molecule is CCc1cc(N(C)CC2CC(=O)N(C3CCCC3)C2)c2nncn2n1.